The minimum absolute atomic E-state index is 0.0977. The molecule has 0 spiro atoms. The summed E-state index contributed by atoms with van der Waals surface area (Å²) >= 11 is 5.50. The molecule has 0 amide bonds. The Balaban J connectivity index is 4.16. The molecule has 0 aromatic heterocycles. The van der Waals surface area contributed by atoms with E-state index in [1.54, 1.807) is 0 Å². The number of hydrogen-bond donors (Lipinski definition) is 0. The molecule has 0 aliphatic carbocycles. The van der Waals surface area contributed by atoms with Crippen molar-refractivity contribution in [3.05, 3.63) is 0 Å². The van der Waals surface area contributed by atoms with Crippen molar-refractivity contribution in [2.45, 2.75) is 52.7 Å². The first-order chi connectivity index (χ1) is 6.14. The molecule has 86 valence electrons. The first-order valence-corrected chi connectivity index (χ1v) is 6.34. The quantitative estimate of drug-likeness (QED) is 0.555. The van der Waals surface area contributed by atoms with Gasteiger partial charge in [-0.05, 0) is 41.5 Å². The molecule has 0 aromatic rings. The Kier molecular flexibility index (Phi) is 5.86. The maximum atomic E-state index is 5.63. The van der Waals surface area contributed by atoms with Crippen LogP contribution in [0.15, 0.2) is 0 Å². The van der Waals surface area contributed by atoms with Crippen molar-refractivity contribution in [2.24, 2.45) is 0 Å². The monoisotopic (exact) mass is 243 g/mol. The Morgan fingerprint density at radius 3 is 1.50 bits per heavy atom. The molecule has 0 fully saturated rings. The lowest BCUT2D eigenvalue weighted by atomic mass is 10.2. The van der Waals surface area contributed by atoms with Crippen LogP contribution in [-0.4, -0.2) is 17.3 Å². The average Bonchev–Trinajstić information content (AvgIpc) is 1.78. The first-order valence-electron chi connectivity index (χ1n) is 4.58. The Hall–Kier alpha value is 0.600. The SMILES string of the molecule is CC(C)(C)O[PH+](OCCl)OC(C)(C)C. The van der Waals surface area contributed by atoms with E-state index in [-0.39, 0.29) is 17.3 Å². The van der Waals surface area contributed by atoms with Gasteiger partial charge in [0.25, 0.3) is 0 Å². The molecule has 0 bridgehead atoms. The second-order valence-electron chi connectivity index (χ2n) is 4.93. The van der Waals surface area contributed by atoms with Gasteiger partial charge < -0.3 is 0 Å². The molecular weight excluding hydrogens is 223 g/mol. The lowest BCUT2D eigenvalue weighted by molar-refractivity contribution is 0.0380. The zero-order valence-corrected chi connectivity index (χ0v) is 11.6. The summed E-state index contributed by atoms with van der Waals surface area (Å²) in [4.78, 5) is 0. The predicted octanol–water partition coefficient (Wildman–Crippen LogP) is 3.79. The second-order valence-corrected chi connectivity index (χ2v) is 6.35. The van der Waals surface area contributed by atoms with E-state index in [2.05, 4.69) is 0 Å². The first kappa shape index (κ1) is 14.6. The van der Waals surface area contributed by atoms with Crippen LogP contribution in [0.5, 0.6) is 0 Å². The number of rotatable bonds is 4. The number of alkyl halides is 1. The Morgan fingerprint density at radius 2 is 1.29 bits per heavy atom. The number of halogens is 1. The Labute approximate surface area is 93.1 Å². The van der Waals surface area contributed by atoms with Gasteiger partial charge in [-0.25, -0.2) is 0 Å². The third-order valence-corrected chi connectivity index (χ3v) is 3.18. The van der Waals surface area contributed by atoms with Crippen LogP contribution in [-0.2, 0) is 13.6 Å². The average molecular weight is 244 g/mol. The van der Waals surface area contributed by atoms with Crippen LogP contribution in [0.1, 0.15) is 41.5 Å². The molecule has 0 aliphatic rings. The molecule has 0 saturated carbocycles. The van der Waals surface area contributed by atoms with Crippen molar-refractivity contribution in [1.29, 1.82) is 0 Å². The minimum Gasteiger partial charge on any atom is -0.174 e. The highest BCUT2D eigenvalue weighted by Gasteiger charge is 2.33. The summed E-state index contributed by atoms with van der Waals surface area (Å²) < 4.78 is 16.5. The van der Waals surface area contributed by atoms with Crippen LogP contribution in [0.2, 0.25) is 0 Å². The summed E-state index contributed by atoms with van der Waals surface area (Å²) in [6, 6.07) is 0.0977. The van der Waals surface area contributed by atoms with Gasteiger partial charge in [-0.2, -0.15) is 13.6 Å². The van der Waals surface area contributed by atoms with E-state index in [1.807, 2.05) is 41.5 Å². The van der Waals surface area contributed by atoms with Gasteiger partial charge in [-0.1, -0.05) is 11.6 Å². The summed E-state index contributed by atoms with van der Waals surface area (Å²) in [6.45, 7) is 11.8. The molecule has 0 atom stereocenters. The van der Waals surface area contributed by atoms with E-state index in [9.17, 15) is 0 Å². The summed E-state index contributed by atoms with van der Waals surface area (Å²) in [5, 5.41) is 0. The molecule has 0 radical (unpaired) electrons. The fourth-order valence-electron chi connectivity index (χ4n) is 0.624. The van der Waals surface area contributed by atoms with Crippen LogP contribution in [0.3, 0.4) is 0 Å². The lowest BCUT2D eigenvalue weighted by Crippen LogP contribution is -2.22. The maximum Gasteiger partial charge on any atom is 0.400 e. The van der Waals surface area contributed by atoms with Gasteiger partial charge in [0, 0.05) is 0 Å². The molecule has 0 heterocycles. The molecule has 3 nitrogen and oxygen atoms in total. The van der Waals surface area contributed by atoms with Crippen molar-refractivity contribution >= 4 is 20.2 Å². The van der Waals surface area contributed by atoms with E-state index in [4.69, 9.17) is 25.2 Å². The van der Waals surface area contributed by atoms with Gasteiger partial charge in [-0.15, -0.1) is 0 Å². The van der Waals surface area contributed by atoms with Crippen LogP contribution in [0.25, 0.3) is 0 Å². The zero-order chi connectivity index (χ0) is 11.4. The fourth-order valence-corrected chi connectivity index (χ4v) is 2.14. The lowest BCUT2D eigenvalue weighted by Gasteiger charge is -2.22. The fraction of sp³-hybridized carbons (Fsp3) is 1.00. The predicted molar refractivity (Wildman–Crippen MR) is 61.8 cm³/mol. The second kappa shape index (κ2) is 5.62. The third kappa shape index (κ3) is 9.17. The van der Waals surface area contributed by atoms with Gasteiger partial charge in [-0.3, -0.25) is 0 Å². The van der Waals surface area contributed by atoms with Gasteiger partial charge in [0.05, 0.1) is 0 Å². The van der Waals surface area contributed by atoms with Crippen LogP contribution >= 0.6 is 20.2 Å². The smallest absolute Gasteiger partial charge is 0.174 e. The van der Waals surface area contributed by atoms with E-state index < -0.39 is 8.60 Å². The summed E-state index contributed by atoms with van der Waals surface area (Å²) in [7, 11) is -1.74. The summed E-state index contributed by atoms with van der Waals surface area (Å²) in [6.07, 6.45) is 0. The molecule has 0 saturated heterocycles. The molecular formula is C9H21ClO3P+. The van der Waals surface area contributed by atoms with E-state index >= 15 is 0 Å². The largest absolute Gasteiger partial charge is 0.400 e. The van der Waals surface area contributed by atoms with E-state index in [0.29, 0.717) is 0 Å². The third-order valence-electron chi connectivity index (χ3n) is 0.951. The van der Waals surface area contributed by atoms with E-state index in [1.165, 1.54) is 0 Å². The van der Waals surface area contributed by atoms with E-state index in [0.717, 1.165) is 0 Å². The van der Waals surface area contributed by atoms with Gasteiger partial charge >= 0.3 is 8.60 Å². The van der Waals surface area contributed by atoms with Crippen molar-refractivity contribution in [2.75, 3.05) is 6.07 Å². The summed E-state index contributed by atoms with van der Waals surface area (Å²) in [5.74, 6) is 0. The van der Waals surface area contributed by atoms with Gasteiger partial charge in [0.1, 0.15) is 11.2 Å². The van der Waals surface area contributed by atoms with Crippen LogP contribution in [0.4, 0.5) is 0 Å². The normalized spacial score (nSPS) is 13.7. The molecule has 0 unspecified atom stereocenters. The highest BCUT2D eigenvalue weighted by Crippen LogP contribution is 2.47. The standard InChI is InChI=1S/C9H21ClO3P/c1-8(2,3)12-14(11-7-10)13-9(4,5)6/h14H,7H2,1-6H3/q+1. The highest BCUT2D eigenvalue weighted by atomic mass is 35.5. The molecule has 0 N–H and O–H groups in total. The van der Waals surface area contributed by atoms with Crippen LogP contribution in [0, 0.1) is 0 Å². The van der Waals surface area contributed by atoms with Gasteiger partial charge in [0.15, 0.2) is 6.07 Å². The molecule has 0 aromatic carbocycles. The molecule has 0 rings (SSSR count). The Bertz CT molecular complexity index is 146. The zero-order valence-electron chi connectivity index (χ0n) is 9.81. The molecule has 14 heavy (non-hydrogen) atoms. The summed E-state index contributed by atoms with van der Waals surface area (Å²) in [5.41, 5.74) is -0.544. The van der Waals surface area contributed by atoms with Gasteiger partial charge in [0.2, 0.25) is 0 Å². The molecule has 5 heteroatoms. The molecule has 0 aliphatic heterocycles. The van der Waals surface area contributed by atoms with Crippen molar-refractivity contribution in [3.8, 4) is 0 Å². The van der Waals surface area contributed by atoms with Crippen molar-refractivity contribution in [1.82, 2.24) is 0 Å². The van der Waals surface area contributed by atoms with Crippen molar-refractivity contribution in [3.63, 3.8) is 0 Å². The highest BCUT2D eigenvalue weighted by molar-refractivity contribution is 7.41. The topological polar surface area (TPSA) is 27.7 Å². The van der Waals surface area contributed by atoms with Crippen LogP contribution < -0.4 is 0 Å². The van der Waals surface area contributed by atoms with Crippen molar-refractivity contribution < 1.29 is 13.6 Å². The minimum atomic E-state index is -1.74. The Morgan fingerprint density at radius 1 is 0.929 bits per heavy atom. The maximum absolute atomic E-state index is 5.63. The number of hydrogen-bond acceptors (Lipinski definition) is 3.